The molecule has 0 aliphatic carbocycles. The van der Waals surface area contributed by atoms with Crippen molar-refractivity contribution in [3.63, 3.8) is 0 Å². The fourth-order valence-corrected chi connectivity index (χ4v) is 2.46. The van der Waals surface area contributed by atoms with Gasteiger partial charge in [0, 0.05) is 14.6 Å². The van der Waals surface area contributed by atoms with Gasteiger partial charge in [-0.05, 0) is 58.7 Å². The lowest BCUT2D eigenvalue weighted by Crippen LogP contribution is -1.93. The maximum Gasteiger partial charge on any atom is 0.0992 e. The molecule has 1 N–H and O–H groups in total. The number of rotatable bonds is 2. The first-order valence-electron chi connectivity index (χ1n) is 5.32. The largest absolute Gasteiger partial charge is 0.355 e. The number of hydrogen-bond donors (Lipinski definition) is 1. The summed E-state index contributed by atoms with van der Waals surface area (Å²) in [4.78, 5) is 0. The summed E-state index contributed by atoms with van der Waals surface area (Å²) < 4.78 is 1.87. The van der Waals surface area contributed by atoms with Crippen LogP contribution in [0.1, 0.15) is 11.1 Å². The SMILES string of the molecule is Cc1ccc(Br)c(Nc2cc(Br)cc(C#N)c2)c1. The molecule has 2 aromatic rings. The number of benzene rings is 2. The summed E-state index contributed by atoms with van der Waals surface area (Å²) in [5.41, 5.74) is 3.66. The second-order valence-electron chi connectivity index (χ2n) is 3.95. The molecule has 0 amide bonds. The number of aryl methyl sites for hydroxylation is 1. The molecule has 90 valence electrons. The van der Waals surface area contributed by atoms with Crippen molar-refractivity contribution in [3.8, 4) is 6.07 Å². The molecule has 0 heterocycles. The molecule has 0 bridgehead atoms. The van der Waals surface area contributed by atoms with Gasteiger partial charge in [0.25, 0.3) is 0 Å². The van der Waals surface area contributed by atoms with Gasteiger partial charge < -0.3 is 5.32 Å². The molecule has 4 heteroatoms. The van der Waals surface area contributed by atoms with Gasteiger partial charge >= 0.3 is 0 Å². The lowest BCUT2D eigenvalue weighted by atomic mass is 10.2. The molecule has 0 saturated heterocycles. The van der Waals surface area contributed by atoms with Gasteiger partial charge in [0.1, 0.15) is 0 Å². The summed E-state index contributed by atoms with van der Waals surface area (Å²) in [6.07, 6.45) is 0. The van der Waals surface area contributed by atoms with Gasteiger partial charge in [-0.3, -0.25) is 0 Å². The number of nitrogens with one attached hydrogen (secondary N) is 1. The predicted molar refractivity (Wildman–Crippen MR) is 81.0 cm³/mol. The number of anilines is 2. The van der Waals surface area contributed by atoms with Crippen molar-refractivity contribution in [1.29, 1.82) is 5.26 Å². The van der Waals surface area contributed by atoms with E-state index in [1.54, 1.807) is 6.07 Å². The average Bonchev–Trinajstić information content (AvgIpc) is 2.33. The molecular weight excluding hydrogens is 356 g/mol. The first kappa shape index (κ1) is 13.1. The Balaban J connectivity index is 2.37. The summed E-state index contributed by atoms with van der Waals surface area (Å²) >= 11 is 6.90. The minimum atomic E-state index is 0.621. The van der Waals surface area contributed by atoms with Gasteiger partial charge in [-0.25, -0.2) is 0 Å². The Morgan fingerprint density at radius 1 is 1.11 bits per heavy atom. The number of nitrogens with zero attached hydrogens (tertiary/aromatic N) is 1. The summed E-state index contributed by atoms with van der Waals surface area (Å²) in [7, 11) is 0. The average molecular weight is 366 g/mol. The number of halogens is 2. The van der Waals surface area contributed by atoms with Crippen LogP contribution in [0.2, 0.25) is 0 Å². The van der Waals surface area contributed by atoms with Crippen LogP contribution in [0.4, 0.5) is 11.4 Å². The van der Waals surface area contributed by atoms with Crippen LogP contribution in [0.5, 0.6) is 0 Å². The first-order valence-corrected chi connectivity index (χ1v) is 6.91. The highest BCUT2D eigenvalue weighted by Crippen LogP contribution is 2.28. The second-order valence-corrected chi connectivity index (χ2v) is 5.72. The van der Waals surface area contributed by atoms with Crippen LogP contribution in [0.15, 0.2) is 45.3 Å². The van der Waals surface area contributed by atoms with Crippen LogP contribution in [0.3, 0.4) is 0 Å². The Labute approximate surface area is 123 Å². The summed E-state index contributed by atoms with van der Waals surface area (Å²) in [5, 5.41) is 12.2. The Morgan fingerprint density at radius 2 is 1.89 bits per heavy atom. The fourth-order valence-electron chi connectivity index (χ4n) is 1.62. The molecule has 0 spiro atoms. The normalized spacial score (nSPS) is 9.89. The molecule has 0 saturated carbocycles. The van der Waals surface area contributed by atoms with E-state index in [1.165, 1.54) is 5.56 Å². The Kier molecular flexibility index (Phi) is 4.05. The van der Waals surface area contributed by atoms with Crippen molar-refractivity contribution >= 4 is 43.2 Å². The summed E-state index contributed by atoms with van der Waals surface area (Å²) in [6, 6.07) is 13.8. The van der Waals surface area contributed by atoms with E-state index in [1.807, 2.05) is 31.2 Å². The standard InChI is InChI=1S/C14H10Br2N2/c1-9-2-3-13(16)14(4-9)18-12-6-10(8-17)5-11(15)7-12/h2-7,18H,1H3. The quantitative estimate of drug-likeness (QED) is 0.800. The smallest absolute Gasteiger partial charge is 0.0992 e. The molecule has 0 aliphatic heterocycles. The predicted octanol–water partition coefficient (Wildman–Crippen LogP) is 5.14. The van der Waals surface area contributed by atoms with Crippen LogP contribution in [-0.2, 0) is 0 Å². The highest BCUT2D eigenvalue weighted by molar-refractivity contribution is 9.10. The highest BCUT2D eigenvalue weighted by atomic mass is 79.9. The topological polar surface area (TPSA) is 35.8 Å². The van der Waals surface area contributed by atoms with Crippen LogP contribution in [0, 0.1) is 18.3 Å². The summed E-state index contributed by atoms with van der Waals surface area (Å²) in [5.74, 6) is 0. The van der Waals surface area contributed by atoms with E-state index in [9.17, 15) is 0 Å². The third kappa shape index (κ3) is 3.12. The molecule has 0 fully saturated rings. The van der Waals surface area contributed by atoms with Crippen molar-refractivity contribution in [3.05, 3.63) is 56.5 Å². The van der Waals surface area contributed by atoms with Crippen LogP contribution < -0.4 is 5.32 Å². The molecule has 0 radical (unpaired) electrons. The molecule has 0 unspecified atom stereocenters. The molecular formula is C14H10Br2N2. The minimum absolute atomic E-state index is 0.621. The van der Waals surface area contributed by atoms with Gasteiger partial charge in [-0.2, -0.15) is 5.26 Å². The third-order valence-corrected chi connectivity index (χ3v) is 3.58. The highest BCUT2D eigenvalue weighted by Gasteiger charge is 2.03. The van der Waals surface area contributed by atoms with Gasteiger partial charge in [-0.15, -0.1) is 0 Å². The Hall–Kier alpha value is -1.31. The monoisotopic (exact) mass is 364 g/mol. The molecule has 2 aromatic carbocycles. The molecule has 2 rings (SSSR count). The van der Waals surface area contributed by atoms with E-state index in [-0.39, 0.29) is 0 Å². The molecule has 18 heavy (non-hydrogen) atoms. The van der Waals surface area contributed by atoms with Crippen molar-refractivity contribution < 1.29 is 0 Å². The van der Waals surface area contributed by atoms with Gasteiger partial charge in [0.15, 0.2) is 0 Å². The van der Waals surface area contributed by atoms with Crippen molar-refractivity contribution in [2.24, 2.45) is 0 Å². The molecule has 2 nitrogen and oxygen atoms in total. The summed E-state index contributed by atoms with van der Waals surface area (Å²) in [6.45, 7) is 2.04. The second kappa shape index (κ2) is 5.55. The maximum atomic E-state index is 8.94. The van der Waals surface area contributed by atoms with E-state index in [2.05, 4.69) is 49.3 Å². The maximum absolute atomic E-state index is 8.94. The van der Waals surface area contributed by atoms with E-state index >= 15 is 0 Å². The zero-order valence-corrected chi connectivity index (χ0v) is 12.8. The zero-order chi connectivity index (χ0) is 13.1. The molecule has 0 aromatic heterocycles. The lowest BCUT2D eigenvalue weighted by Gasteiger charge is -2.10. The van der Waals surface area contributed by atoms with Crippen molar-refractivity contribution in [2.75, 3.05) is 5.32 Å². The molecule has 0 aliphatic rings. The first-order chi connectivity index (χ1) is 8.58. The van der Waals surface area contributed by atoms with Gasteiger partial charge in [0.2, 0.25) is 0 Å². The van der Waals surface area contributed by atoms with Crippen molar-refractivity contribution in [2.45, 2.75) is 6.92 Å². The fraction of sp³-hybridized carbons (Fsp3) is 0.0714. The number of nitriles is 1. The lowest BCUT2D eigenvalue weighted by molar-refractivity contribution is 1.42. The van der Waals surface area contributed by atoms with E-state index in [4.69, 9.17) is 5.26 Å². The van der Waals surface area contributed by atoms with Gasteiger partial charge in [-0.1, -0.05) is 22.0 Å². The van der Waals surface area contributed by atoms with Gasteiger partial charge in [0.05, 0.1) is 17.3 Å². The van der Waals surface area contributed by atoms with Crippen LogP contribution in [-0.4, -0.2) is 0 Å². The zero-order valence-electron chi connectivity index (χ0n) is 9.67. The third-order valence-electron chi connectivity index (χ3n) is 2.43. The Bertz CT molecular complexity index is 630. The number of hydrogen-bond acceptors (Lipinski definition) is 2. The van der Waals surface area contributed by atoms with Crippen molar-refractivity contribution in [1.82, 2.24) is 0 Å². The van der Waals surface area contributed by atoms with Crippen LogP contribution in [0.25, 0.3) is 0 Å². The molecule has 0 atom stereocenters. The van der Waals surface area contributed by atoms with E-state index in [0.717, 1.165) is 20.3 Å². The van der Waals surface area contributed by atoms with E-state index in [0.29, 0.717) is 5.56 Å². The minimum Gasteiger partial charge on any atom is -0.355 e. The van der Waals surface area contributed by atoms with E-state index < -0.39 is 0 Å². The Morgan fingerprint density at radius 3 is 2.61 bits per heavy atom. The van der Waals surface area contributed by atoms with Crippen LogP contribution >= 0.6 is 31.9 Å².